The molecule has 106 valence electrons. The number of rotatable bonds is 5. The molecule has 1 atom stereocenters. The van der Waals surface area contributed by atoms with Gasteiger partial charge in [-0.25, -0.2) is 0 Å². The SMILES string of the molecule is C=CCC(C)Nc1cc2c(cc1[N+](=O)[O-])OCC(=O)N2. The standard InChI is InChI=1S/C13H15N3O4/c1-3-4-8(2)14-9-5-10-12(6-11(9)16(18)19)20-7-13(17)15-10/h3,5-6,8,14H,1,4,7H2,2H3,(H,15,17). The van der Waals surface area contributed by atoms with Crippen molar-refractivity contribution in [2.75, 3.05) is 17.2 Å². The van der Waals surface area contributed by atoms with E-state index >= 15 is 0 Å². The molecule has 7 heteroatoms. The first-order valence-electron chi connectivity index (χ1n) is 6.13. The van der Waals surface area contributed by atoms with Gasteiger partial charge in [-0.05, 0) is 19.4 Å². The molecule has 7 nitrogen and oxygen atoms in total. The summed E-state index contributed by atoms with van der Waals surface area (Å²) >= 11 is 0. The van der Waals surface area contributed by atoms with Gasteiger partial charge in [0.15, 0.2) is 12.4 Å². The van der Waals surface area contributed by atoms with E-state index in [0.29, 0.717) is 23.5 Å². The fourth-order valence-electron chi connectivity index (χ4n) is 1.96. The Bertz CT molecular complexity index is 571. The quantitative estimate of drug-likeness (QED) is 0.489. The summed E-state index contributed by atoms with van der Waals surface area (Å²) in [6, 6.07) is 2.83. The Morgan fingerprint density at radius 2 is 2.40 bits per heavy atom. The van der Waals surface area contributed by atoms with Crippen LogP contribution in [-0.4, -0.2) is 23.5 Å². The minimum absolute atomic E-state index is 0.00976. The zero-order valence-corrected chi connectivity index (χ0v) is 11.0. The maximum atomic E-state index is 11.3. The Labute approximate surface area is 115 Å². The number of fused-ring (bicyclic) bond motifs is 1. The molecule has 2 N–H and O–H groups in total. The number of benzene rings is 1. The summed E-state index contributed by atoms with van der Waals surface area (Å²) in [7, 11) is 0. The fourth-order valence-corrected chi connectivity index (χ4v) is 1.96. The molecule has 0 radical (unpaired) electrons. The van der Waals surface area contributed by atoms with Gasteiger partial charge in [0.05, 0.1) is 16.7 Å². The van der Waals surface area contributed by atoms with Crippen LogP contribution in [0.3, 0.4) is 0 Å². The van der Waals surface area contributed by atoms with E-state index in [1.54, 1.807) is 6.08 Å². The minimum atomic E-state index is -0.483. The van der Waals surface area contributed by atoms with Crippen molar-refractivity contribution in [3.63, 3.8) is 0 Å². The molecular weight excluding hydrogens is 262 g/mol. The minimum Gasteiger partial charge on any atom is -0.481 e. The first-order chi connectivity index (χ1) is 9.51. The molecule has 0 saturated carbocycles. The van der Waals surface area contributed by atoms with Gasteiger partial charge in [-0.3, -0.25) is 14.9 Å². The molecule has 1 aromatic carbocycles. The van der Waals surface area contributed by atoms with Crippen molar-refractivity contribution in [1.82, 2.24) is 0 Å². The van der Waals surface area contributed by atoms with Gasteiger partial charge in [-0.2, -0.15) is 0 Å². The van der Waals surface area contributed by atoms with E-state index in [0.717, 1.165) is 0 Å². The Balaban J connectivity index is 2.37. The number of hydrogen-bond acceptors (Lipinski definition) is 5. The molecule has 0 aromatic heterocycles. The molecule has 1 aliphatic rings. The average molecular weight is 277 g/mol. The Morgan fingerprint density at radius 3 is 3.05 bits per heavy atom. The summed E-state index contributed by atoms with van der Waals surface area (Å²) in [6.07, 6.45) is 2.39. The Hall–Kier alpha value is -2.57. The number of hydrogen-bond donors (Lipinski definition) is 2. The third kappa shape index (κ3) is 2.87. The van der Waals surface area contributed by atoms with E-state index in [9.17, 15) is 14.9 Å². The maximum Gasteiger partial charge on any atom is 0.296 e. The van der Waals surface area contributed by atoms with Gasteiger partial charge in [0, 0.05) is 6.04 Å². The summed E-state index contributed by atoms with van der Waals surface area (Å²) < 4.78 is 5.17. The summed E-state index contributed by atoms with van der Waals surface area (Å²) in [5.74, 6) is 0.0228. The summed E-state index contributed by atoms with van der Waals surface area (Å²) in [6.45, 7) is 5.38. The molecule has 0 bridgehead atoms. The molecule has 0 saturated heterocycles. The summed E-state index contributed by atoms with van der Waals surface area (Å²) in [4.78, 5) is 21.9. The molecule has 0 spiro atoms. The van der Waals surface area contributed by atoms with Gasteiger partial charge >= 0.3 is 0 Å². The van der Waals surface area contributed by atoms with Crippen LogP contribution < -0.4 is 15.4 Å². The number of amides is 1. The lowest BCUT2D eigenvalue weighted by Gasteiger charge is -2.20. The Kier molecular flexibility index (Phi) is 3.88. The molecule has 1 heterocycles. The lowest BCUT2D eigenvalue weighted by molar-refractivity contribution is -0.384. The van der Waals surface area contributed by atoms with Crippen LogP contribution in [0.15, 0.2) is 24.8 Å². The van der Waals surface area contributed by atoms with Gasteiger partial charge in [0.1, 0.15) is 5.69 Å². The van der Waals surface area contributed by atoms with Crippen molar-refractivity contribution in [2.45, 2.75) is 19.4 Å². The van der Waals surface area contributed by atoms with Gasteiger partial charge < -0.3 is 15.4 Å². The molecule has 2 rings (SSSR count). The monoisotopic (exact) mass is 277 g/mol. The number of nitrogens with zero attached hydrogens (tertiary/aromatic N) is 1. The predicted octanol–water partition coefficient (Wildman–Crippen LogP) is 2.30. The van der Waals surface area contributed by atoms with Crippen LogP contribution in [-0.2, 0) is 4.79 Å². The van der Waals surface area contributed by atoms with Crippen LogP contribution in [0.25, 0.3) is 0 Å². The van der Waals surface area contributed by atoms with Crippen LogP contribution in [0.4, 0.5) is 17.1 Å². The van der Waals surface area contributed by atoms with Gasteiger partial charge in [-0.1, -0.05) is 6.08 Å². The highest BCUT2D eigenvalue weighted by molar-refractivity contribution is 5.96. The van der Waals surface area contributed by atoms with Crippen molar-refractivity contribution in [2.24, 2.45) is 0 Å². The smallest absolute Gasteiger partial charge is 0.296 e. The first-order valence-corrected chi connectivity index (χ1v) is 6.13. The highest BCUT2D eigenvalue weighted by Crippen LogP contribution is 2.38. The highest BCUT2D eigenvalue weighted by atomic mass is 16.6. The number of anilines is 2. The molecule has 20 heavy (non-hydrogen) atoms. The van der Waals surface area contributed by atoms with Crippen LogP contribution >= 0.6 is 0 Å². The third-order valence-electron chi connectivity index (χ3n) is 2.85. The normalized spacial score (nSPS) is 14.6. The fraction of sp³-hybridized carbons (Fsp3) is 0.308. The topological polar surface area (TPSA) is 93.5 Å². The second-order valence-corrected chi connectivity index (χ2v) is 4.53. The summed E-state index contributed by atoms with van der Waals surface area (Å²) in [5.41, 5.74) is 0.685. The second kappa shape index (κ2) is 5.60. The number of carbonyl (C=O) groups excluding carboxylic acids is 1. The number of ether oxygens (including phenoxy) is 1. The van der Waals surface area contributed by atoms with Crippen LogP contribution in [0.5, 0.6) is 5.75 Å². The van der Waals surface area contributed by atoms with E-state index in [-0.39, 0.29) is 24.2 Å². The largest absolute Gasteiger partial charge is 0.481 e. The van der Waals surface area contributed by atoms with E-state index in [4.69, 9.17) is 4.74 Å². The number of nitrogens with one attached hydrogen (secondary N) is 2. The van der Waals surface area contributed by atoms with Gasteiger partial charge in [0.25, 0.3) is 11.6 Å². The van der Waals surface area contributed by atoms with Crippen molar-refractivity contribution < 1.29 is 14.5 Å². The van der Waals surface area contributed by atoms with E-state index in [1.807, 2.05) is 6.92 Å². The van der Waals surface area contributed by atoms with Crippen molar-refractivity contribution in [3.8, 4) is 5.75 Å². The lowest BCUT2D eigenvalue weighted by Crippen LogP contribution is -2.25. The van der Waals surface area contributed by atoms with Crippen LogP contribution in [0.2, 0.25) is 0 Å². The van der Waals surface area contributed by atoms with E-state index < -0.39 is 4.92 Å². The first kappa shape index (κ1) is 13.9. The zero-order valence-electron chi connectivity index (χ0n) is 11.0. The van der Waals surface area contributed by atoms with Crippen LogP contribution in [0, 0.1) is 10.1 Å². The molecule has 0 aliphatic carbocycles. The molecule has 1 aliphatic heterocycles. The molecule has 0 fully saturated rings. The van der Waals surface area contributed by atoms with Crippen LogP contribution in [0.1, 0.15) is 13.3 Å². The third-order valence-corrected chi connectivity index (χ3v) is 2.85. The average Bonchev–Trinajstić information content (AvgIpc) is 2.37. The molecule has 1 aromatic rings. The van der Waals surface area contributed by atoms with Crippen molar-refractivity contribution in [3.05, 3.63) is 34.9 Å². The maximum absolute atomic E-state index is 11.3. The van der Waals surface area contributed by atoms with E-state index in [1.165, 1.54) is 12.1 Å². The second-order valence-electron chi connectivity index (χ2n) is 4.53. The van der Waals surface area contributed by atoms with Crippen molar-refractivity contribution in [1.29, 1.82) is 0 Å². The highest BCUT2D eigenvalue weighted by Gasteiger charge is 2.24. The zero-order chi connectivity index (χ0) is 14.7. The molecule has 1 unspecified atom stereocenters. The molecular formula is C13H15N3O4. The molecule has 1 amide bonds. The lowest BCUT2D eigenvalue weighted by atomic mass is 10.1. The predicted molar refractivity (Wildman–Crippen MR) is 75.1 cm³/mol. The number of nitro groups is 1. The summed E-state index contributed by atoms with van der Waals surface area (Å²) in [5, 5.41) is 16.8. The van der Waals surface area contributed by atoms with Gasteiger partial charge in [-0.15, -0.1) is 6.58 Å². The number of nitro benzene ring substituents is 1. The number of carbonyl (C=O) groups is 1. The Morgan fingerprint density at radius 1 is 1.65 bits per heavy atom. The van der Waals surface area contributed by atoms with Gasteiger partial charge in [0.2, 0.25) is 0 Å². The van der Waals surface area contributed by atoms with Crippen molar-refractivity contribution >= 4 is 23.0 Å². The van der Waals surface area contributed by atoms with E-state index in [2.05, 4.69) is 17.2 Å².